The Balaban J connectivity index is 2.31. The molecular weight excluding hydrogens is 369 g/mol. The van der Waals surface area contributed by atoms with Crippen LogP contribution in [0.25, 0.3) is 0 Å². The maximum Gasteiger partial charge on any atom is 0.416 e. The van der Waals surface area contributed by atoms with Crippen molar-refractivity contribution in [3.63, 3.8) is 0 Å². The number of benzene rings is 1. The van der Waals surface area contributed by atoms with Gasteiger partial charge in [0.05, 0.1) is 10.5 Å². The maximum atomic E-state index is 12.9. The minimum absolute atomic E-state index is 0.158. The number of amides is 1. The van der Waals surface area contributed by atoms with Gasteiger partial charge < -0.3 is 5.32 Å². The molecule has 1 atom stereocenters. The summed E-state index contributed by atoms with van der Waals surface area (Å²) in [6, 6.07) is 2.48. The molecule has 9 heteroatoms. The molecule has 1 heterocycles. The van der Waals surface area contributed by atoms with E-state index in [1.54, 1.807) is 20.8 Å². The zero-order chi connectivity index (χ0) is 19.8. The van der Waals surface area contributed by atoms with E-state index in [0.29, 0.717) is 19.3 Å². The normalized spacial score (nSPS) is 20.0. The predicted octanol–water partition coefficient (Wildman–Crippen LogP) is 3.16. The molecule has 1 N–H and O–H groups in total. The molecule has 26 heavy (non-hydrogen) atoms. The van der Waals surface area contributed by atoms with E-state index in [1.807, 2.05) is 0 Å². The smallest absolute Gasteiger partial charge is 0.350 e. The summed E-state index contributed by atoms with van der Waals surface area (Å²) in [6.07, 6.45) is -2.86. The van der Waals surface area contributed by atoms with Crippen LogP contribution in [0.2, 0.25) is 0 Å². The molecular formula is C17H23F3N2O3S. The van der Waals surface area contributed by atoms with Crippen LogP contribution in [0, 0.1) is 0 Å². The molecule has 0 spiro atoms. The molecule has 1 aromatic carbocycles. The van der Waals surface area contributed by atoms with Gasteiger partial charge in [0.25, 0.3) is 0 Å². The fraction of sp³-hybridized carbons (Fsp3) is 0.588. The number of hydrogen-bond acceptors (Lipinski definition) is 3. The molecule has 1 amide bonds. The molecule has 5 nitrogen and oxygen atoms in total. The van der Waals surface area contributed by atoms with E-state index in [4.69, 9.17) is 0 Å². The number of carbonyl (C=O) groups excluding carboxylic acids is 1. The minimum Gasteiger partial charge on any atom is -0.350 e. The second-order valence-electron chi connectivity index (χ2n) is 7.39. The molecule has 1 fully saturated rings. The van der Waals surface area contributed by atoms with Gasteiger partial charge in [0.2, 0.25) is 15.9 Å². The van der Waals surface area contributed by atoms with Crippen molar-refractivity contribution in [2.75, 3.05) is 6.54 Å². The van der Waals surface area contributed by atoms with Crippen LogP contribution in [-0.4, -0.2) is 36.8 Å². The van der Waals surface area contributed by atoms with Crippen LogP contribution < -0.4 is 5.32 Å². The summed E-state index contributed by atoms with van der Waals surface area (Å²) in [5, 5.41) is 2.78. The Morgan fingerprint density at radius 3 is 2.19 bits per heavy atom. The monoisotopic (exact) mass is 392 g/mol. The third kappa shape index (κ3) is 4.76. The van der Waals surface area contributed by atoms with E-state index in [1.165, 1.54) is 0 Å². The molecule has 1 aromatic rings. The van der Waals surface area contributed by atoms with Crippen LogP contribution in [-0.2, 0) is 21.0 Å². The van der Waals surface area contributed by atoms with Crippen molar-refractivity contribution in [2.24, 2.45) is 0 Å². The van der Waals surface area contributed by atoms with Crippen molar-refractivity contribution in [1.29, 1.82) is 0 Å². The molecule has 146 valence electrons. The Kier molecular flexibility index (Phi) is 5.72. The first-order valence-corrected chi connectivity index (χ1v) is 9.77. The van der Waals surface area contributed by atoms with Crippen LogP contribution in [0.1, 0.15) is 45.6 Å². The molecule has 1 saturated heterocycles. The molecule has 0 aliphatic carbocycles. The van der Waals surface area contributed by atoms with Crippen LogP contribution >= 0.6 is 0 Å². The van der Waals surface area contributed by atoms with E-state index >= 15 is 0 Å². The largest absolute Gasteiger partial charge is 0.416 e. The zero-order valence-corrected chi connectivity index (χ0v) is 15.7. The van der Waals surface area contributed by atoms with E-state index in [-0.39, 0.29) is 11.4 Å². The van der Waals surface area contributed by atoms with Gasteiger partial charge in [-0.3, -0.25) is 4.79 Å². The van der Waals surface area contributed by atoms with Crippen molar-refractivity contribution in [3.05, 3.63) is 29.8 Å². The lowest BCUT2D eigenvalue weighted by Crippen LogP contribution is -2.55. The minimum atomic E-state index is -4.54. The first kappa shape index (κ1) is 20.7. The van der Waals surface area contributed by atoms with Gasteiger partial charge in [0.1, 0.15) is 6.04 Å². The number of alkyl halides is 3. The van der Waals surface area contributed by atoms with Crippen LogP contribution in [0.4, 0.5) is 13.2 Å². The fourth-order valence-corrected chi connectivity index (χ4v) is 4.52. The number of carbonyl (C=O) groups is 1. The SMILES string of the molecule is CC(C)(C)NC(=O)[C@@H]1CCCCN1S(=O)(=O)c1ccc(C(F)(F)F)cc1. The van der Waals surface area contributed by atoms with Gasteiger partial charge in [0, 0.05) is 12.1 Å². The first-order valence-electron chi connectivity index (χ1n) is 8.33. The topological polar surface area (TPSA) is 66.5 Å². The quantitative estimate of drug-likeness (QED) is 0.859. The zero-order valence-electron chi connectivity index (χ0n) is 14.9. The number of sulfonamides is 1. The maximum absolute atomic E-state index is 12.9. The van der Waals surface area contributed by atoms with Crippen LogP contribution in [0.5, 0.6) is 0 Å². The highest BCUT2D eigenvalue weighted by Gasteiger charge is 2.39. The molecule has 0 aromatic heterocycles. The van der Waals surface area contributed by atoms with Crippen LogP contribution in [0.3, 0.4) is 0 Å². The van der Waals surface area contributed by atoms with Gasteiger partial charge in [-0.05, 0) is 57.9 Å². The van der Waals surface area contributed by atoms with Gasteiger partial charge >= 0.3 is 6.18 Å². The predicted molar refractivity (Wildman–Crippen MR) is 90.9 cm³/mol. The van der Waals surface area contributed by atoms with Crippen molar-refractivity contribution < 1.29 is 26.4 Å². The molecule has 1 aliphatic rings. The molecule has 1 aliphatic heterocycles. The molecule has 0 unspecified atom stereocenters. The Labute approximate surface area is 151 Å². The average Bonchev–Trinajstić information content (AvgIpc) is 2.52. The summed E-state index contributed by atoms with van der Waals surface area (Å²) in [7, 11) is -4.07. The second kappa shape index (κ2) is 7.19. The summed E-state index contributed by atoms with van der Waals surface area (Å²) in [4.78, 5) is 12.3. The summed E-state index contributed by atoms with van der Waals surface area (Å²) < 4.78 is 64.9. The second-order valence-corrected chi connectivity index (χ2v) is 9.28. The number of rotatable bonds is 3. The molecule has 2 rings (SSSR count). The van der Waals surface area contributed by atoms with Crippen molar-refractivity contribution in [3.8, 4) is 0 Å². The summed E-state index contributed by atoms with van der Waals surface area (Å²) in [6.45, 7) is 5.54. The number of hydrogen-bond donors (Lipinski definition) is 1. The summed E-state index contributed by atoms with van der Waals surface area (Å²) in [5.74, 6) is -0.396. The third-order valence-electron chi connectivity index (χ3n) is 4.04. The number of nitrogens with zero attached hydrogens (tertiary/aromatic N) is 1. The Morgan fingerprint density at radius 1 is 1.12 bits per heavy atom. The number of nitrogens with one attached hydrogen (secondary N) is 1. The van der Waals surface area contributed by atoms with Gasteiger partial charge in [-0.25, -0.2) is 8.42 Å². The van der Waals surface area contributed by atoms with Gasteiger partial charge in [-0.1, -0.05) is 6.42 Å². The first-order chi connectivity index (χ1) is 11.8. The van der Waals surface area contributed by atoms with Crippen LogP contribution in [0.15, 0.2) is 29.2 Å². The highest BCUT2D eigenvalue weighted by molar-refractivity contribution is 7.89. The lowest BCUT2D eigenvalue weighted by Gasteiger charge is -2.35. The number of halogens is 3. The Hall–Kier alpha value is -1.61. The van der Waals surface area contributed by atoms with E-state index < -0.39 is 39.3 Å². The third-order valence-corrected chi connectivity index (χ3v) is 5.97. The van der Waals surface area contributed by atoms with E-state index in [2.05, 4.69) is 5.32 Å². The van der Waals surface area contributed by atoms with Crippen molar-refractivity contribution >= 4 is 15.9 Å². The van der Waals surface area contributed by atoms with Crippen molar-refractivity contribution in [1.82, 2.24) is 9.62 Å². The molecule has 0 saturated carbocycles. The average molecular weight is 392 g/mol. The van der Waals surface area contributed by atoms with Crippen molar-refractivity contribution in [2.45, 2.75) is 62.7 Å². The summed E-state index contributed by atoms with van der Waals surface area (Å²) in [5.41, 5.74) is -1.43. The highest BCUT2D eigenvalue weighted by Crippen LogP contribution is 2.31. The van der Waals surface area contributed by atoms with Gasteiger partial charge in [0.15, 0.2) is 0 Å². The standard InChI is InChI=1S/C17H23F3N2O3S/c1-16(2,3)21-15(23)14-6-4-5-11-22(14)26(24,25)13-9-7-12(8-10-13)17(18,19)20/h7-10,14H,4-6,11H2,1-3H3,(H,21,23)/t14-/m0/s1. The van der Waals surface area contributed by atoms with Gasteiger partial charge in [-0.2, -0.15) is 17.5 Å². The van der Waals surface area contributed by atoms with E-state index in [9.17, 15) is 26.4 Å². The lowest BCUT2D eigenvalue weighted by atomic mass is 10.0. The molecule has 0 radical (unpaired) electrons. The van der Waals surface area contributed by atoms with Gasteiger partial charge in [-0.15, -0.1) is 0 Å². The Bertz CT molecular complexity index is 753. The fourth-order valence-electron chi connectivity index (χ4n) is 2.86. The Morgan fingerprint density at radius 2 is 1.69 bits per heavy atom. The lowest BCUT2D eigenvalue weighted by molar-refractivity contribution is -0.137. The highest BCUT2D eigenvalue weighted by atomic mass is 32.2. The van der Waals surface area contributed by atoms with E-state index in [0.717, 1.165) is 28.6 Å². The summed E-state index contributed by atoms with van der Waals surface area (Å²) >= 11 is 0. The number of piperidine rings is 1. The molecule has 0 bridgehead atoms.